The molecule has 21 heavy (non-hydrogen) atoms. The van der Waals surface area contributed by atoms with Crippen LogP contribution in [-0.4, -0.2) is 20.3 Å². The molecule has 2 heterocycles. The molecule has 3 aromatic rings. The number of hydroxylamine groups is 1. The van der Waals surface area contributed by atoms with E-state index in [1.807, 2.05) is 30.3 Å². The average Bonchev–Trinajstić information content (AvgIpc) is 2.95. The van der Waals surface area contributed by atoms with E-state index in [1.54, 1.807) is 25.3 Å². The largest absolute Gasteiger partial charge is 0.334 e. The lowest BCUT2D eigenvalue weighted by atomic mass is 10.2. The fraction of sp³-hybridized carbons (Fsp3) is 0.133. The van der Waals surface area contributed by atoms with Gasteiger partial charge in [0.1, 0.15) is 0 Å². The first-order valence-electron chi connectivity index (χ1n) is 6.50. The zero-order chi connectivity index (χ0) is 14.7. The standard InChI is InChI=1S/C15H14N4O2/c1-11-17-15(21-18-11)13-8-5-9-16-14(13)19(20)10-12-6-3-2-4-7-12/h2-9,20H,10H2,1H3. The third-order valence-corrected chi connectivity index (χ3v) is 2.96. The van der Waals surface area contributed by atoms with Crippen molar-refractivity contribution < 1.29 is 9.73 Å². The van der Waals surface area contributed by atoms with Crippen molar-refractivity contribution in [1.82, 2.24) is 15.1 Å². The normalized spacial score (nSPS) is 10.6. The van der Waals surface area contributed by atoms with Gasteiger partial charge in [-0.2, -0.15) is 4.98 Å². The van der Waals surface area contributed by atoms with Crippen LogP contribution in [0.25, 0.3) is 11.5 Å². The maximum absolute atomic E-state index is 10.3. The molecule has 0 radical (unpaired) electrons. The van der Waals surface area contributed by atoms with Crippen LogP contribution in [-0.2, 0) is 6.54 Å². The van der Waals surface area contributed by atoms with Gasteiger partial charge in [-0.1, -0.05) is 35.5 Å². The summed E-state index contributed by atoms with van der Waals surface area (Å²) in [5.41, 5.74) is 1.56. The molecule has 0 amide bonds. The van der Waals surface area contributed by atoms with Crippen LogP contribution < -0.4 is 5.06 Å². The lowest BCUT2D eigenvalue weighted by Gasteiger charge is -2.17. The summed E-state index contributed by atoms with van der Waals surface area (Å²) in [7, 11) is 0. The smallest absolute Gasteiger partial charge is 0.261 e. The van der Waals surface area contributed by atoms with Crippen LogP contribution in [0.3, 0.4) is 0 Å². The molecule has 0 unspecified atom stereocenters. The van der Waals surface area contributed by atoms with Crippen molar-refractivity contribution in [1.29, 1.82) is 0 Å². The Morgan fingerprint density at radius 2 is 1.95 bits per heavy atom. The molecule has 0 bridgehead atoms. The van der Waals surface area contributed by atoms with E-state index in [0.29, 0.717) is 29.6 Å². The molecule has 106 valence electrons. The van der Waals surface area contributed by atoms with Crippen molar-refractivity contribution in [2.24, 2.45) is 0 Å². The Morgan fingerprint density at radius 3 is 2.67 bits per heavy atom. The summed E-state index contributed by atoms with van der Waals surface area (Å²) in [6.07, 6.45) is 1.61. The van der Waals surface area contributed by atoms with Crippen molar-refractivity contribution in [3.05, 3.63) is 60.0 Å². The Hall–Kier alpha value is -2.73. The maximum atomic E-state index is 10.3. The highest BCUT2D eigenvalue weighted by molar-refractivity contribution is 5.68. The molecule has 0 spiro atoms. The molecule has 0 fully saturated rings. The summed E-state index contributed by atoms with van der Waals surface area (Å²) in [4.78, 5) is 8.38. The molecule has 0 aliphatic heterocycles. The predicted molar refractivity (Wildman–Crippen MR) is 76.7 cm³/mol. The van der Waals surface area contributed by atoms with E-state index in [0.717, 1.165) is 10.6 Å². The molecule has 3 rings (SSSR count). The molecular formula is C15H14N4O2. The maximum Gasteiger partial charge on any atom is 0.261 e. The van der Waals surface area contributed by atoms with Gasteiger partial charge in [0.15, 0.2) is 11.6 Å². The van der Waals surface area contributed by atoms with E-state index in [2.05, 4.69) is 15.1 Å². The van der Waals surface area contributed by atoms with Crippen LogP contribution in [0.1, 0.15) is 11.4 Å². The fourth-order valence-corrected chi connectivity index (χ4v) is 2.01. The molecule has 0 aliphatic rings. The van der Waals surface area contributed by atoms with Gasteiger partial charge in [-0.25, -0.2) is 10.0 Å². The monoisotopic (exact) mass is 282 g/mol. The zero-order valence-electron chi connectivity index (χ0n) is 11.5. The molecule has 1 N–H and O–H groups in total. The lowest BCUT2D eigenvalue weighted by Crippen LogP contribution is -2.19. The van der Waals surface area contributed by atoms with Gasteiger partial charge in [-0.15, -0.1) is 0 Å². The Balaban J connectivity index is 1.91. The highest BCUT2D eigenvalue weighted by atomic mass is 16.5. The van der Waals surface area contributed by atoms with Crippen LogP contribution in [0, 0.1) is 6.92 Å². The number of hydrogen-bond donors (Lipinski definition) is 1. The summed E-state index contributed by atoms with van der Waals surface area (Å²) < 4.78 is 5.15. The van der Waals surface area contributed by atoms with Crippen molar-refractivity contribution in [3.63, 3.8) is 0 Å². The molecule has 0 aliphatic carbocycles. The predicted octanol–water partition coefficient (Wildman–Crippen LogP) is 2.84. The van der Waals surface area contributed by atoms with Gasteiger partial charge < -0.3 is 4.52 Å². The number of aromatic nitrogens is 3. The quantitative estimate of drug-likeness (QED) is 0.742. The first-order valence-corrected chi connectivity index (χ1v) is 6.50. The third-order valence-electron chi connectivity index (χ3n) is 2.96. The van der Waals surface area contributed by atoms with Gasteiger partial charge in [0.25, 0.3) is 5.89 Å². The summed E-state index contributed by atoms with van der Waals surface area (Å²) >= 11 is 0. The Labute approximate surface area is 121 Å². The van der Waals surface area contributed by atoms with E-state index < -0.39 is 0 Å². The van der Waals surface area contributed by atoms with Gasteiger partial charge in [0, 0.05) is 6.20 Å². The average molecular weight is 282 g/mol. The van der Waals surface area contributed by atoms with E-state index in [1.165, 1.54) is 0 Å². The van der Waals surface area contributed by atoms with Gasteiger partial charge in [0.2, 0.25) is 0 Å². The molecule has 0 saturated carbocycles. The molecule has 2 aromatic heterocycles. The Kier molecular flexibility index (Phi) is 3.61. The fourth-order valence-electron chi connectivity index (χ4n) is 2.01. The van der Waals surface area contributed by atoms with Gasteiger partial charge in [-0.05, 0) is 24.6 Å². The molecule has 6 heteroatoms. The third kappa shape index (κ3) is 2.90. The van der Waals surface area contributed by atoms with Crippen LogP contribution in [0.5, 0.6) is 0 Å². The van der Waals surface area contributed by atoms with Crippen molar-refractivity contribution in [2.45, 2.75) is 13.5 Å². The van der Waals surface area contributed by atoms with Crippen LogP contribution in [0.15, 0.2) is 53.2 Å². The minimum absolute atomic E-state index is 0.317. The first-order chi connectivity index (χ1) is 10.2. The van der Waals surface area contributed by atoms with Crippen molar-refractivity contribution in [3.8, 4) is 11.5 Å². The van der Waals surface area contributed by atoms with Gasteiger partial charge >= 0.3 is 0 Å². The van der Waals surface area contributed by atoms with Crippen molar-refractivity contribution >= 4 is 5.82 Å². The van der Waals surface area contributed by atoms with Crippen LogP contribution >= 0.6 is 0 Å². The second-order valence-corrected chi connectivity index (χ2v) is 4.56. The van der Waals surface area contributed by atoms with Gasteiger partial charge in [0.05, 0.1) is 12.1 Å². The minimum Gasteiger partial charge on any atom is -0.334 e. The van der Waals surface area contributed by atoms with E-state index in [4.69, 9.17) is 4.52 Å². The summed E-state index contributed by atoms with van der Waals surface area (Å²) in [5, 5.41) is 15.1. The highest BCUT2D eigenvalue weighted by Gasteiger charge is 2.17. The topological polar surface area (TPSA) is 75.3 Å². The molecular weight excluding hydrogens is 268 g/mol. The number of aryl methyl sites for hydroxylation is 1. The number of rotatable bonds is 4. The van der Waals surface area contributed by atoms with Crippen LogP contribution in [0.4, 0.5) is 5.82 Å². The second kappa shape index (κ2) is 5.72. The lowest BCUT2D eigenvalue weighted by molar-refractivity contribution is 0.246. The van der Waals surface area contributed by atoms with E-state index in [-0.39, 0.29) is 0 Å². The van der Waals surface area contributed by atoms with Crippen molar-refractivity contribution in [2.75, 3.05) is 5.06 Å². The minimum atomic E-state index is 0.317. The zero-order valence-corrected chi connectivity index (χ0v) is 11.5. The number of hydrogen-bond acceptors (Lipinski definition) is 6. The molecule has 6 nitrogen and oxygen atoms in total. The Bertz CT molecular complexity index is 727. The number of pyridine rings is 1. The van der Waals surface area contributed by atoms with E-state index >= 15 is 0 Å². The highest BCUT2D eigenvalue weighted by Crippen LogP contribution is 2.27. The number of nitrogens with zero attached hydrogens (tertiary/aromatic N) is 4. The SMILES string of the molecule is Cc1noc(-c2cccnc2N(O)Cc2ccccc2)n1. The Morgan fingerprint density at radius 1 is 1.14 bits per heavy atom. The number of benzene rings is 1. The summed E-state index contributed by atoms with van der Waals surface area (Å²) in [6, 6.07) is 13.2. The van der Waals surface area contributed by atoms with Gasteiger partial charge in [-0.3, -0.25) is 5.21 Å². The molecule has 0 saturated heterocycles. The first kappa shape index (κ1) is 13.3. The summed E-state index contributed by atoms with van der Waals surface area (Å²) in [6.45, 7) is 2.06. The van der Waals surface area contributed by atoms with E-state index in [9.17, 15) is 5.21 Å². The molecule has 0 atom stereocenters. The van der Waals surface area contributed by atoms with Crippen LogP contribution in [0.2, 0.25) is 0 Å². The summed E-state index contributed by atoms with van der Waals surface area (Å²) in [5.74, 6) is 1.25. The second-order valence-electron chi connectivity index (χ2n) is 4.56. The number of anilines is 1. The molecule has 1 aromatic carbocycles.